The van der Waals surface area contributed by atoms with Gasteiger partial charge in [-0.15, -0.1) is 0 Å². The van der Waals surface area contributed by atoms with Crippen molar-refractivity contribution >= 4 is 11.9 Å². The van der Waals surface area contributed by atoms with Gasteiger partial charge in [-0.05, 0) is 64.8 Å². The van der Waals surface area contributed by atoms with Crippen LogP contribution in [0.5, 0.6) is 0 Å². The fraction of sp³-hybridized carbons (Fsp3) is 0.364. The van der Waals surface area contributed by atoms with Crippen LogP contribution in [0.1, 0.15) is 59.5 Å². The van der Waals surface area contributed by atoms with Gasteiger partial charge in [0.25, 0.3) is 0 Å². The molecule has 0 atom stereocenters. The van der Waals surface area contributed by atoms with Gasteiger partial charge in [0, 0.05) is 11.1 Å². The summed E-state index contributed by atoms with van der Waals surface area (Å²) in [6.07, 6.45) is -0.656. The minimum Gasteiger partial charge on any atom is -0.459 e. The second-order valence-corrected chi connectivity index (χ2v) is 6.94. The zero-order valence-corrected chi connectivity index (χ0v) is 16.4. The van der Waals surface area contributed by atoms with Crippen molar-refractivity contribution < 1.29 is 27.8 Å². The molecule has 0 amide bonds. The molecule has 0 saturated carbocycles. The van der Waals surface area contributed by atoms with E-state index in [2.05, 4.69) is 0 Å². The number of ether oxygens (including phenoxy) is 2. The first-order valence-corrected chi connectivity index (χ1v) is 9.17. The Morgan fingerprint density at radius 3 is 1.43 bits per heavy atom. The predicted molar refractivity (Wildman–Crippen MR) is 101 cm³/mol. The molecule has 0 aliphatic heterocycles. The molecule has 0 bridgehead atoms. The molecule has 0 spiro atoms. The molecule has 2 aromatic carbocycles. The smallest absolute Gasteiger partial charge is 0.338 e. The topological polar surface area (TPSA) is 52.6 Å². The maximum Gasteiger partial charge on any atom is 0.338 e. The van der Waals surface area contributed by atoms with E-state index < -0.39 is 23.6 Å². The van der Waals surface area contributed by atoms with E-state index in [1.54, 1.807) is 27.7 Å². The minimum absolute atomic E-state index is 0.0259. The third-order valence-electron chi connectivity index (χ3n) is 3.99. The molecule has 28 heavy (non-hydrogen) atoms. The van der Waals surface area contributed by atoms with E-state index in [9.17, 15) is 18.4 Å². The van der Waals surface area contributed by atoms with Crippen LogP contribution in [0.15, 0.2) is 36.4 Å². The Bertz CT molecular complexity index is 788. The molecule has 0 aromatic heterocycles. The molecule has 0 aliphatic rings. The molecule has 0 radical (unpaired) electrons. The molecule has 150 valence electrons. The summed E-state index contributed by atoms with van der Waals surface area (Å²) < 4.78 is 39.1. The summed E-state index contributed by atoms with van der Waals surface area (Å²) in [7, 11) is 0. The highest BCUT2D eigenvalue weighted by Gasteiger charge is 2.21. The first-order valence-electron chi connectivity index (χ1n) is 9.17. The lowest BCUT2D eigenvalue weighted by Gasteiger charge is -2.15. The van der Waals surface area contributed by atoms with Gasteiger partial charge in [0.05, 0.1) is 23.3 Å². The zero-order valence-electron chi connectivity index (χ0n) is 16.4. The van der Waals surface area contributed by atoms with Gasteiger partial charge in [0.2, 0.25) is 0 Å². The van der Waals surface area contributed by atoms with Crippen molar-refractivity contribution in [3.63, 3.8) is 0 Å². The monoisotopic (exact) mass is 390 g/mol. The number of rotatable bonds is 7. The van der Waals surface area contributed by atoms with Crippen LogP contribution in [0.3, 0.4) is 0 Å². The molecule has 2 aromatic rings. The molecule has 0 aliphatic carbocycles. The van der Waals surface area contributed by atoms with E-state index in [1.165, 1.54) is 36.4 Å². The standard InChI is InChI=1S/C22H24F2O4/c1-13(2)27-21(25)17-7-5-9-19(23)15(17)11-12-16-18(8-6-10-20(16)24)22(26)28-14(3)4/h5-10,13-14H,11-12H2,1-4H3. The fourth-order valence-corrected chi connectivity index (χ4v) is 2.81. The number of hydrogen-bond donors (Lipinski definition) is 0. The van der Waals surface area contributed by atoms with Crippen molar-refractivity contribution in [2.75, 3.05) is 0 Å². The summed E-state index contributed by atoms with van der Waals surface area (Å²) in [5.74, 6) is -2.45. The maximum atomic E-state index is 14.4. The van der Waals surface area contributed by atoms with Crippen LogP contribution in [-0.2, 0) is 22.3 Å². The number of halogens is 2. The van der Waals surface area contributed by atoms with E-state index in [0.29, 0.717) is 0 Å². The largest absolute Gasteiger partial charge is 0.459 e. The Morgan fingerprint density at radius 2 is 1.11 bits per heavy atom. The van der Waals surface area contributed by atoms with Crippen molar-refractivity contribution in [2.24, 2.45) is 0 Å². The van der Waals surface area contributed by atoms with E-state index in [4.69, 9.17) is 9.47 Å². The van der Waals surface area contributed by atoms with Crippen LogP contribution < -0.4 is 0 Å². The molecule has 0 fully saturated rings. The summed E-state index contributed by atoms with van der Waals surface area (Å²) in [5, 5.41) is 0. The Morgan fingerprint density at radius 1 is 0.750 bits per heavy atom. The van der Waals surface area contributed by atoms with Crippen LogP contribution in [0.4, 0.5) is 8.78 Å². The lowest BCUT2D eigenvalue weighted by Crippen LogP contribution is -2.16. The number of carbonyl (C=O) groups excluding carboxylic acids is 2. The molecule has 2 rings (SSSR count). The van der Waals surface area contributed by atoms with Gasteiger partial charge < -0.3 is 9.47 Å². The van der Waals surface area contributed by atoms with Crippen LogP contribution in [0, 0.1) is 11.6 Å². The third kappa shape index (κ3) is 5.38. The summed E-state index contributed by atoms with van der Waals surface area (Å²) in [4.78, 5) is 24.5. The third-order valence-corrected chi connectivity index (χ3v) is 3.99. The first-order chi connectivity index (χ1) is 13.2. The number of hydrogen-bond acceptors (Lipinski definition) is 4. The van der Waals surface area contributed by atoms with Crippen molar-refractivity contribution in [1.82, 2.24) is 0 Å². The average Bonchev–Trinajstić information content (AvgIpc) is 2.60. The zero-order chi connectivity index (χ0) is 20.8. The van der Waals surface area contributed by atoms with E-state index in [1.807, 2.05) is 0 Å². The Labute approximate surface area is 163 Å². The van der Waals surface area contributed by atoms with E-state index in [-0.39, 0.29) is 47.3 Å². The number of carbonyl (C=O) groups is 2. The molecule has 0 saturated heterocycles. The van der Waals surface area contributed by atoms with Crippen molar-refractivity contribution in [2.45, 2.75) is 52.7 Å². The van der Waals surface area contributed by atoms with Crippen molar-refractivity contribution in [3.05, 3.63) is 70.3 Å². The first kappa shape index (κ1) is 21.5. The van der Waals surface area contributed by atoms with Crippen LogP contribution in [0.25, 0.3) is 0 Å². The Balaban J connectivity index is 2.33. The van der Waals surface area contributed by atoms with Crippen LogP contribution in [0.2, 0.25) is 0 Å². The second-order valence-electron chi connectivity index (χ2n) is 6.94. The molecule has 0 unspecified atom stereocenters. The van der Waals surface area contributed by atoms with Gasteiger partial charge in [-0.1, -0.05) is 12.1 Å². The van der Waals surface area contributed by atoms with Crippen LogP contribution >= 0.6 is 0 Å². The van der Waals surface area contributed by atoms with Gasteiger partial charge in [-0.3, -0.25) is 0 Å². The van der Waals surface area contributed by atoms with Gasteiger partial charge in [-0.25, -0.2) is 18.4 Å². The number of benzene rings is 2. The Hall–Kier alpha value is -2.76. The summed E-state index contributed by atoms with van der Waals surface area (Å²) in [5.41, 5.74) is 0.437. The van der Waals surface area contributed by atoms with Gasteiger partial charge in [0.15, 0.2) is 0 Å². The highest BCUT2D eigenvalue weighted by Crippen LogP contribution is 2.22. The lowest BCUT2D eigenvalue weighted by molar-refractivity contribution is 0.0364. The average molecular weight is 390 g/mol. The maximum absolute atomic E-state index is 14.4. The predicted octanol–water partition coefficient (Wildman–Crippen LogP) is 4.88. The molecular formula is C22H24F2O4. The van der Waals surface area contributed by atoms with Gasteiger partial charge in [0.1, 0.15) is 11.6 Å². The van der Waals surface area contributed by atoms with Crippen LogP contribution in [-0.4, -0.2) is 24.1 Å². The SMILES string of the molecule is CC(C)OC(=O)c1cccc(F)c1CCc1c(F)cccc1C(=O)OC(C)C. The van der Waals surface area contributed by atoms with Gasteiger partial charge >= 0.3 is 11.9 Å². The molecular weight excluding hydrogens is 366 g/mol. The quantitative estimate of drug-likeness (QED) is 0.632. The highest BCUT2D eigenvalue weighted by atomic mass is 19.1. The Kier molecular flexibility index (Phi) is 7.26. The van der Waals surface area contributed by atoms with E-state index >= 15 is 0 Å². The molecule has 6 heteroatoms. The lowest BCUT2D eigenvalue weighted by atomic mass is 9.96. The number of esters is 2. The second kappa shape index (κ2) is 9.44. The highest BCUT2D eigenvalue weighted by molar-refractivity contribution is 5.92. The minimum atomic E-state index is -0.641. The summed E-state index contributed by atoms with van der Waals surface area (Å²) in [6.45, 7) is 6.79. The summed E-state index contributed by atoms with van der Waals surface area (Å²) >= 11 is 0. The van der Waals surface area contributed by atoms with Crippen molar-refractivity contribution in [3.8, 4) is 0 Å². The molecule has 0 heterocycles. The summed E-state index contributed by atoms with van der Waals surface area (Å²) in [6, 6.07) is 8.25. The molecule has 0 N–H and O–H groups in total. The molecule has 4 nitrogen and oxygen atoms in total. The van der Waals surface area contributed by atoms with Crippen molar-refractivity contribution in [1.29, 1.82) is 0 Å². The fourth-order valence-electron chi connectivity index (χ4n) is 2.81. The normalized spacial score (nSPS) is 11.0. The van der Waals surface area contributed by atoms with Gasteiger partial charge in [-0.2, -0.15) is 0 Å². The van der Waals surface area contributed by atoms with E-state index in [0.717, 1.165) is 0 Å².